The number of hydrogen-bond acceptors (Lipinski definition) is 2. The number of aromatic amines is 1. The van der Waals surface area contributed by atoms with Crippen LogP contribution in [0.3, 0.4) is 0 Å². The lowest BCUT2D eigenvalue weighted by atomic mass is 10.2. The molecule has 0 aliphatic heterocycles. The Bertz CT molecular complexity index is 932. The van der Waals surface area contributed by atoms with Gasteiger partial charge in [-0.1, -0.05) is 23.7 Å². The number of para-hydroxylation sites is 1. The predicted molar refractivity (Wildman–Crippen MR) is 79.7 cm³/mol. The molecular weight excluding hydrogens is 299 g/mol. The van der Waals surface area contributed by atoms with Gasteiger partial charge in [-0.05, 0) is 42.5 Å². The molecule has 20 heavy (non-hydrogen) atoms. The SMILES string of the molecule is O=c1c2ccccc2[nH]c(=S)n1-c1cc(Cl)ccc1F. The van der Waals surface area contributed by atoms with E-state index in [4.69, 9.17) is 23.8 Å². The fourth-order valence-corrected chi connectivity index (χ4v) is 2.50. The van der Waals surface area contributed by atoms with E-state index in [1.165, 1.54) is 18.2 Å². The number of hydrogen-bond donors (Lipinski definition) is 1. The van der Waals surface area contributed by atoms with Crippen LogP contribution in [0, 0.1) is 10.6 Å². The van der Waals surface area contributed by atoms with Crippen molar-refractivity contribution < 1.29 is 4.39 Å². The summed E-state index contributed by atoms with van der Waals surface area (Å²) < 4.78 is 15.2. The van der Waals surface area contributed by atoms with Crippen molar-refractivity contribution in [2.24, 2.45) is 0 Å². The van der Waals surface area contributed by atoms with E-state index in [0.717, 1.165) is 4.57 Å². The van der Waals surface area contributed by atoms with Crippen LogP contribution >= 0.6 is 23.8 Å². The summed E-state index contributed by atoms with van der Waals surface area (Å²) in [4.78, 5) is 15.4. The molecule has 2 aromatic carbocycles. The average Bonchev–Trinajstić information content (AvgIpc) is 2.42. The Kier molecular flexibility index (Phi) is 3.16. The molecule has 0 aliphatic carbocycles. The third kappa shape index (κ3) is 2.05. The van der Waals surface area contributed by atoms with Gasteiger partial charge in [-0.25, -0.2) is 8.96 Å². The maximum atomic E-state index is 13.9. The topological polar surface area (TPSA) is 37.8 Å². The van der Waals surface area contributed by atoms with Gasteiger partial charge in [0, 0.05) is 5.02 Å². The van der Waals surface area contributed by atoms with E-state index in [9.17, 15) is 9.18 Å². The van der Waals surface area contributed by atoms with E-state index in [-0.39, 0.29) is 16.0 Å². The van der Waals surface area contributed by atoms with Gasteiger partial charge in [-0.2, -0.15) is 0 Å². The van der Waals surface area contributed by atoms with Crippen molar-refractivity contribution in [3.8, 4) is 5.69 Å². The van der Waals surface area contributed by atoms with Gasteiger partial charge in [0.1, 0.15) is 5.82 Å². The zero-order valence-corrected chi connectivity index (χ0v) is 11.6. The molecule has 1 heterocycles. The van der Waals surface area contributed by atoms with E-state index in [0.29, 0.717) is 15.9 Å². The first kappa shape index (κ1) is 13.0. The third-order valence-electron chi connectivity index (χ3n) is 2.95. The number of benzene rings is 2. The summed E-state index contributed by atoms with van der Waals surface area (Å²) in [5.41, 5.74) is 0.265. The van der Waals surface area contributed by atoms with Gasteiger partial charge >= 0.3 is 0 Å². The van der Waals surface area contributed by atoms with E-state index >= 15 is 0 Å². The second-order valence-corrected chi connectivity index (χ2v) is 5.04. The second kappa shape index (κ2) is 4.85. The van der Waals surface area contributed by atoms with Crippen molar-refractivity contribution in [1.82, 2.24) is 9.55 Å². The molecule has 6 heteroatoms. The molecule has 0 amide bonds. The number of halogens is 2. The quantitative estimate of drug-likeness (QED) is 0.694. The van der Waals surface area contributed by atoms with Crippen LogP contribution in [0.25, 0.3) is 16.6 Å². The van der Waals surface area contributed by atoms with Crippen LogP contribution in [-0.4, -0.2) is 9.55 Å². The largest absolute Gasteiger partial charge is 0.331 e. The standard InChI is InChI=1S/C14H8ClFN2OS/c15-8-5-6-10(16)12(7-8)18-13(19)9-3-1-2-4-11(9)17-14(18)20/h1-7H,(H,17,20). The third-order valence-corrected chi connectivity index (χ3v) is 3.47. The molecule has 0 fully saturated rings. The molecule has 1 N–H and O–H groups in total. The summed E-state index contributed by atoms with van der Waals surface area (Å²) in [6, 6.07) is 10.9. The lowest BCUT2D eigenvalue weighted by Gasteiger charge is -2.09. The van der Waals surface area contributed by atoms with Crippen molar-refractivity contribution in [1.29, 1.82) is 0 Å². The highest BCUT2D eigenvalue weighted by Gasteiger charge is 2.11. The number of nitrogens with zero attached hydrogens (tertiary/aromatic N) is 1. The summed E-state index contributed by atoms with van der Waals surface area (Å²) >= 11 is 11.0. The van der Waals surface area contributed by atoms with Gasteiger partial charge in [0.15, 0.2) is 4.77 Å². The Hall–Kier alpha value is -1.98. The molecule has 100 valence electrons. The maximum Gasteiger partial charge on any atom is 0.266 e. The van der Waals surface area contributed by atoms with Crippen LogP contribution in [0.2, 0.25) is 5.02 Å². The lowest BCUT2D eigenvalue weighted by molar-refractivity contribution is 0.615. The molecular formula is C14H8ClFN2OS. The summed E-state index contributed by atoms with van der Waals surface area (Å²) in [7, 11) is 0. The number of nitrogens with one attached hydrogen (secondary N) is 1. The predicted octanol–water partition coefficient (Wildman–Crippen LogP) is 3.84. The van der Waals surface area contributed by atoms with Crippen molar-refractivity contribution >= 4 is 34.7 Å². The normalized spacial score (nSPS) is 10.9. The van der Waals surface area contributed by atoms with Gasteiger partial charge in [0.05, 0.1) is 16.6 Å². The molecule has 0 saturated carbocycles. The fraction of sp³-hybridized carbons (Fsp3) is 0. The molecule has 0 atom stereocenters. The first-order valence-electron chi connectivity index (χ1n) is 5.77. The summed E-state index contributed by atoms with van der Waals surface area (Å²) in [5.74, 6) is -0.564. The first-order valence-corrected chi connectivity index (χ1v) is 6.56. The molecule has 3 nitrogen and oxygen atoms in total. The van der Waals surface area contributed by atoms with Crippen LogP contribution in [0.1, 0.15) is 0 Å². The highest BCUT2D eigenvalue weighted by molar-refractivity contribution is 7.71. The Balaban J connectivity index is 2.46. The van der Waals surface area contributed by atoms with Gasteiger partial charge in [0.25, 0.3) is 5.56 Å². The number of H-pyrrole nitrogens is 1. The van der Waals surface area contributed by atoms with E-state index in [1.54, 1.807) is 24.3 Å². The average molecular weight is 307 g/mol. The summed E-state index contributed by atoms with van der Waals surface area (Å²) in [6.07, 6.45) is 0. The molecule has 0 spiro atoms. The van der Waals surface area contributed by atoms with Crippen LogP contribution in [0.4, 0.5) is 4.39 Å². The zero-order valence-electron chi connectivity index (χ0n) is 10.1. The smallest absolute Gasteiger partial charge is 0.266 e. The first-order chi connectivity index (χ1) is 9.58. The Morgan fingerprint density at radius 2 is 1.95 bits per heavy atom. The Morgan fingerprint density at radius 3 is 2.75 bits per heavy atom. The van der Waals surface area contributed by atoms with Crippen LogP contribution in [0.15, 0.2) is 47.3 Å². The molecule has 1 aromatic heterocycles. The highest BCUT2D eigenvalue weighted by Crippen LogP contribution is 2.18. The molecule has 0 bridgehead atoms. The molecule has 3 rings (SSSR count). The lowest BCUT2D eigenvalue weighted by Crippen LogP contribution is -2.21. The minimum absolute atomic E-state index is 0.0366. The van der Waals surface area contributed by atoms with Crippen molar-refractivity contribution in [2.45, 2.75) is 0 Å². The molecule has 0 radical (unpaired) electrons. The van der Waals surface area contributed by atoms with Crippen molar-refractivity contribution in [3.05, 3.63) is 68.4 Å². The number of aromatic nitrogens is 2. The minimum Gasteiger partial charge on any atom is -0.331 e. The van der Waals surface area contributed by atoms with Crippen molar-refractivity contribution in [3.63, 3.8) is 0 Å². The van der Waals surface area contributed by atoms with Crippen LogP contribution in [-0.2, 0) is 0 Å². The van der Waals surface area contributed by atoms with Gasteiger partial charge in [-0.3, -0.25) is 4.79 Å². The van der Waals surface area contributed by atoms with Crippen LogP contribution in [0.5, 0.6) is 0 Å². The zero-order chi connectivity index (χ0) is 14.3. The minimum atomic E-state index is -0.564. The van der Waals surface area contributed by atoms with Crippen LogP contribution < -0.4 is 5.56 Å². The summed E-state index contributed by atoms with van der Waals surface area (Å²) in [6.45, 7) is 0. The van der Waals surface area contributed by atoms with Gasteiger partial charge < -0.3 is 4.98 Å². The Labute approximate surface area is 123 Å². The monoisotopic (exact) mass is 306 g/mol. The van der Waals surface area contributed by atoms with E-state index < -0.39 is 5.82 Å². The Morgan fingerprint density at radius 1 is 1.20 bits per heavy atom. The van der Waals surface area contributed by atoms with Gasteiger partial charge in [-0.15, -0.1) is 0 Å². The fourth-order valence-electron chi connectivity index (χ4n) is 2.04. The van der Waals surface area contributed by atoms with Crippen molar-refractivity contribution in [2.75, 3.05) is 0 Å². The number of rotatable bonds is 1. The number of fused-ring (bicyclic) bond motifs is 1. The molecule has 0 saturated heterocycles. The summed E-state index contributed by atoms with van der Waals surface area (Å²) in [5, 5.41) is 0.760. The molecule has 0 unspecified atom stereocenters. The second-order valence-electron chi connectivity index (χ2n) is 4.21. The van der Waals surface area contributed by atoms with E-state index in [2.05, 4.69) is 4.98 Å². The maximum absolute atomic E-state index is 13.9. The molecule has 0 aliphatic rings. The van der Waals surface area contributed by atoms with Gasteiger partial charge in [0.2, 0.25) is 0 Å². The molecule has 3 aromatic rings. The highest BCUT2D eigenvalue weighted by atomic mass is 35.5. The van der Waals surface area contributed by atoms with E-state index in [1.807, 2.05) is 0 Å².